The van der Waals surface area contributed by atoms with Crippen molar-refractivity contribution in [3.05, 3.63) is 17.0 Å². The molecule has 3 rings (SSSR count). The number of fused-ring (bicyclic) bond motifs is 1. The van der Waals surface area contributed by atoms with Crippen molar-refractivity contribution < 1.29 is 9.53 Å². The zero-order valence-electron chi connectivity index (χ0n) is 10.0. The van der Waals surface area contributed by atoms with Gasteiger partial charge in [-0.3, -0.25) is 9.48 Å². The number of ether oxygens (including phenoxy) is 1. The maximum atomic E-state index is 11.1. The van der Waals surface area contributed by atoms with E-state index >= 15 is 0 Å². The van der Waals surface area contributed by atoms with Crippen molar-refractivity contribution in [2.75, 3.05) is 13.2 Å². The molecule has 92 valence electrons. The molecule has 0 unspecified atom stereocenters. The van der Waals surface area contributed by atoms with Crippen LogP contribution in [-0.2, 0) is 17.6 Å². The van der Waals surface area contributed by atoms with Gasteiger partial charge in [-0.25, -0.2) is 0 Å². The van der Waals surface area contributed by atoms with Crippen LogP contribution in [0.1, 0.15) is 53.5 Å². The molecule has 2 heterocycles. The maximum absolute atomic E-state index is 11.1. The average Bonchev–Trinajstić information content (AvgIpc) is 2.78. The van der Waals surface area contributed by atoms with Crippen LogP contribution in [0.5, 0.6) is 0 Å². The van der Waals surface area contributed by atoms with E-state index in [1.165, 1.54) is 24.1 Å². The smallest absolute Gasteiger partial charge is 0.170 e. The largest absolute Gasteiger partial charge is 0.381 e. The second-order valence-electron chi connectivity index (χ2n) is 4.92. The quantitative estimate of drug-likeness (QED) is 0.734. The minimum atomic E-state index is 0.435. The Labute approximate surface area is 101 Å². The second-order valence-corrected chi connectivity index (χ2v) is 4.92. The molecule has 0 spiro atoms. The fraction of sp³-hybridized carbons (Fsp3) is 0.692. The Morgan fingerprint density at radius 2 is 2.00 bits per heavy atom. The van der Waals surface area contributed by atoms with Crippen LogP contribution in [0.2, 0.25) is 0 Å². The van der Waals surface area contributed by atoms with Gasteiger partial charge in [0.1, 0.15) is 5.69 Å². The first-order chi connectivity index (χ1) is 8.40. The van der Waals surface area contributed by atoms with E-state index in [1.807, 2.05) is 0 Å². The Kier molecular flexibility index (Phi) is 2.97. The highest BCUT2D eigenvalue weighted by atomic mass is 16.5. The number of aromatic nitrogens is 2. The fourth-order valence-electron chi connectivity index (χ4n) is 2.98. The number of hydrogen-bond donors (Lipinski definition) is 0. The van der Waals surface area contributed by atoms with E-state index in [9.17, 15) is 4.79 Å². The first-order valence-electron chi connectivity index (χ1n) is 6.53. The van der Waals surface area contributed by atoms with Gasteiger partial charge in [-0.05, 0) is 38.5 Å². The van der Waals surface area contributed by atoms with Crippen molar-refractivity contribution >= 4 is 6.29 Å². The summed E-state index contributed by atoms with van der Waals surface area (Å²) in [7, 11) is 0. The molecule has 0 amide bonds. The van der Waals surface area contributed by atoms with Crippen molar-refractivity contribution in [1.82, 2.24) is 9.78 Å². The molecule has 0 saturated carbocycles. The first-order valence-corrected chi connectivity index (χ1v) is 6.53. The van der Waals surface area contributed by atoms with Crippen LogP contribution in [0.25, 0.3) is 0 Å². The molecule has 1 fully saturated rings. The summed E-state index contributed by atoms with van der Waals surface area (Å²) in [6.07, 6.45) is 7.46. The summed E-state index contributed by atoms with van der Waals surface area (Å²) in [5.41, 5.74) is 3.19. The molecular formula is C13H18N2O2. The monoisotopic (exact) mass is 234 g/mol. The third-order valence-electron chi connectivity index (χ3n) is 3.89. The molecule has 2 aliphatic rings. The second kappa shape index (κ2) is 4.61. The molecule has 0 aromatic carbocycles. The fourth-order valence-corrected chi connectivity index (χ4v) is 2.98. The standard InChI is InChI=1S/C13H18N2O2/c16-9-12-11-3-1-2-4-13(11)15(14-12)10-5-7-17-8-6-10/h9-10H,1-8H2. The molecular weight excluding hydrogens is 216 g/mol. The molecule has 0 N–H and O–H groups in total. The van der Waals surface area contributed by atoms with Crippen LogP contribution in [0.15, 0.2) is 0 Å². The number of rotatable bonds is 2. The van der Waals surface area contributed by atoms with Gasteiger partial charge in [0.2, 0.25) is 0 Å². The Bertz CT molecular complexity index is 419. The number of aldehydes is 1. The maximum Gasteiger partial charge on any atom is 0.170 e. The topological polar surface area (TPSA) is 44.1 Å². The Balaban J connectivity index is 1.97. The minimum Gasteiger partial charge on any atom is -0.381 e. The predicted molar refractivity (Wildman–Crippen MR) is 63.3 cm³/mol. The minimum absolute atomic E-state index is 0.435. The summed E-state index contributed by atoms with van der Waals surface area (Å²) in [5, 5.41) is 4.53. The molecule has 1 aliphatic carbocycles. The van der Waals surface area contributed by atoms with Gasteiger partial charge in [-0.1, -0.05) is 0 Å². The van der Waals surface area contributed by atoms with Crippen LogP contribution in [-0.4, -0.2) is 29.3 Å². The molecule has 17 heavy (non-hydrogen) atoms. The van der Waals surface area contributed by atoms with Gasteiger partial charge in [0.15, 0.2) is 6.29 Å². The van der Waals surface area contributed by atoms with Crippen molar-refractivity contribution in [2.24, 2.45) is 0 Å². The van der Waals surface area contributed by atoms with E-state index in [0.717, 1.165) is 45.2 Å². The van der Waals surface area contributed by atoms with E-state index in [1.54, 1.807) is 0 Å². The predicted octanol–water partition coefficient (Wildman–Crippen LogP) is 1.93. The summed E-state index contributed by atoms with van der Waals surface area (Å²) in [4.78, 5) is 11.1. The van der Waals surface area contributed by atoms with Gasteiger partial charge in [0.05, 0.1) is 6.04 Å². The lowest BCUT2D eigenvalue weighted by atomic mass is 9.95. The van der Waals surface area contributed by atoms with Crippen LogP contribution in [0, 0.1) is 0 Å². The summed E-state index contributed by atoms with van der Waals surface area (Å²) < 4.78 is 7.51. The van der Waals surface area contributed by atoms with E-state index < -0.39 is 0 Å². The zero-order chi connectivity index (χ0) is 11.7. The van der Waals surface area contributed by atoms with Gasteiger partial charge < -0.3 is 4.74 Å². The van der Waals surface area contributed by atoms with Crippen LogP contribution in [0.4, 0.5) is 0 Å². The van der Waals surface area contributed by atoms with Crippen molar-refractivity contribution in [3.8, 4) is 0 Å². The SMILES string of the molecule is O=Cc1nn(C2CCOCC2)c2c1CCCC2. The molecule has 1 aliphatic heterocycles. The van der Waals surface area contributed by atoms with Crippen LogP contribution >= 0.6 is 0 Å². The summed E-state index contributed by atoms with van der Waals surface area (Å²) in [5.74, 6) is 0. The molecule has 0 radical (unpaired) electrons. The molecule has 4 nitrogen and oxygen atoms in total. The molecule has 0 bridgehead atoms. The van der Waals surface area contributed by atoms with E-state index in [4.69, 9.17) is 4.74 Å². The van der Waals surface area contributed by atoms with Crippen molar-refractivity contribution in [3.63, 3.8) is 0 Å². The normalized spacial score (nSPS) is 21.2. The number of carbonyl (C=O) groups excluding carboxylic acids is 1. The summed E-state index contributed by atoms with van der Waals surface area (Å²) in [6.45, 7) is 1.63. The van der Waals surface area contributed by atoms with Gasteiger partial charge in [-0.2, -0.15) is 5.10 Å². The van der Waals surface area contributed by atoms with Crippen molar-refractivity contribution in [2.45, 2.75) is 44.6 Å². The van der Waals surface area contributed by atoms with E-state index in [-0.39, 0.29) is 0 Å². The summed E-state index contributed by atoms with van der Waals surface area (Å²) in [6, 6.07) is 0.435. The molecule has 0 atom stereocenters. The Hall–Kier alpha value is -1.16. The van der Waals surface area contributed by atoms with Gasteiger partial charge in [0.25, 0.3) is 0 Å². The number of carbonyl (C=O) groups is 1. The van der Waals surface area contributed by atoms with Crippen LogP contribution < -0.4 is 0 Å². The highest BCUT2D eigenvalue weighted by Gasteiger charge is 2.25. The van der Waals surface area contributed by atoms with E-state index in [0.29, 0.717) is 11.7 Å². The lowest BCUT2D eigenvalue weighted by molar-refractivity contribution is 0.0652. The number of nitrogens with zero attached hydrogens (tertiary/aromatic N) is 2. The third-order valence-corrected chi connectivity index (χ3v) is 3.89. The first kappa shape index (κ1) is 11.0. The van der Waals surface area contributed by atoms with Crippen molar-refractivity contribution in [1.29, 1.82) is 0 Å². The Morgan fingerprint density at radius 3 is 2.76 bits per heavy atom. The summed E-state index contributed by atoms with van der Waals surface area (Å²) >= 11 is 0. The third kappa shape index (κ3) is 1.90. The molecule has 4 heteroatoms. The average molecular weight is 234 g/mol. The van der Waals surface area contributed by atoms with E-state index in [2.05, 4.69) is 9.78 Å². The Morgan fingerprint density at radius 1 is 1.24 bits per heavy atom. The van der Waals surface area contributed by atoms with Crippen LogP contribution in [0.3, 0.4) is 0 Å². The molecule has 1 aromatic heterocycles. The lowest BCUT2D eigenvalue weighted by Crippen LogP contribution is -2.22. The molecule has 1 saturated heterocycles. The number of hydrogen-bond acceptors (Lipinski definition) is 3. The molecule has 1 aromatic rings. The zero-order valence-corrected chi connectivity index (χ0v) is 10.0. The lowest BCUT2D eigenvalue weighted by Gasteiger charge is -2.25. The van der Waals surface area contributed by atoms with Gasteiger partial charge in [-0.15, -0.1) is 0 Å². The van der Waals surface area contributed by atoms with Gasteiger partial charge >= 0.3 is 0 Å². The highest BCUT2D eigenvalue weighted by Crippen LogP contribution is 2.29. The van der Waals surface area contributed by atoms with Gasteiger partial charge in [0, 0.05) is 24.5 Å². The highest BCUT2D eigenvalue weighted by molar-refractivity contribution is 5.75.